The average molecular weight is 517 g/mol. The number of hydrogen-bond acceptors (Lipinski definition) is 6. The first-order valence-electron chi connectivity index (χ1n) is 12.3. The molecule has 1 unspecified atom stereocenters. The van der Waals surface area contributed by atoms with Crippen LogP contribution in [0.5, 0.6) is 0 Å². The maximum Gasteiger partial charge on any atom is 0.273 e. The number of aromatic nitrogens is 2. The Morgan fingerprint density at radius 1 is 1.09 bits per heavy atom. The van der Waals surface area contributed by atoms with Gasteiger partial charge in [-0.15, -0.1) is 0 Å². The number of amides is 2. The fourth-order valence-electron chi connectivity index (χ4n) is 5.33. The van der Waals surface area contributed by atoms with E-state index in [0.29, 0.717) is 61.0 Å². The van der Waals surface area contributed by atoms with Gasteiger partial charge in [0.15, 0.2) is 0 Å². The van der Waals surface area contributed by atoms with Crippen LogP contribution in [0.1, 0.15) is 60.8 Å². The number of hydrogen-bond donors (Lipinski definition) is 0. The summed E-state index contributed by atoms with van der Waals surface area (Å²) in [6.07, 6.45) is 2.87. The van der Waals surface area contributed by atoms with E-state index in [2.05, 4.69) is 16.7 Å². The number of nitrogens with zero attached hydrogens (tertiary/aromatic N) is 6. The number of carbonyl (C=O) groups is 2. The number of benzene rings is 1. The first-order valence-corrected chi connectivity index (χ1v) is 13.0. The molecule has 0 N–H and O–H groups in total. The van der Waals surface area contributed by atoms with Crippen LogP contribution in [0.15, 0.2) is 18.2 Å². The maximum atomic E-state index is 13.3. The highest BCUT2D eigenvalue weighted by Gasteiger charge is 2.38. The van der Waals surface area contributed by atoms with Gasteiger partial charge in [0.05, 0.1) is 22.6 Å². The number of fused-ring (bicyclic) bond motifs is 1. The normalized spacial score (nSPS) is 20.1. The summed E-state index contributed by atoms with van der Waals surface area (Å²) < 4.78 is 0. The van der Waals surface area contributed by atoms with Crippen molar-refractivity contribution in [3.63, 3.8) is 0 Å². The third-order valence-corrected chi connectivity index (χ3v) is 7.91. The van der Waals surface area contributed by atoms with Gasteiger partial charge in [-0.1, -0.05) is 36.2 Å². The van der Waals surface area contributed by atoms with Crippen LogP contribution >= 0.6 is 23.2 Å². The lowest BCUT2D eigenvalue weighted by Crippen LogP contribution is -2.48. The summed E-state index contributed by atoms with van der Waals surface area (Å²) in [4.78, 5) is 43.0. The van der Waals surface area contributed by atoms with Crippen molar-refractivity contribution in [1.82, 2.24) is 19.8 Å². The van der Waals surface area contributed by atoms with Crippen LogP contribution < -0.4 is 9.80 Å². The SMILES string of the molecule is CCCN1Cc2c(nc(N3CCN(C(C)=O)CC3)nc2N2CCCC2c2ccc(Cl)c(Cl)c2)C1=O. The molecule has 10 heteroatoms. The van der Waals surface area contributed by atoms with Crippen molar-refractivity contribution >= 4 is 46.8 Å². The Labute approximate surface area is 215 Å². The van der Waals surface area contributed by atoms with Crippen molar-refractivity contribution in [1.29, 1.82) is 0 Å². The average Bonchev–Trinajstić information content (AvgIpc) is 3.46. The molecule has 2 saturated heterocycles. The third kappa shape index (κ3) is 4.54. The zero-order chi connectivity index (χ0) is 24.7. The van der Waals surface area contributed by atoms with E-state index < -0.39 is 0 Å². The minimum absolute atomic E-state index is 0.0283. The van der Waals surface area contributed by atoms with Crippen molar-refractivity contribution in [3.8, 4) is 0 Å². The molecule has 0 spiro atoms. The van der Waals surface area contributed by atoms with E-state index in [9.17, 15) is 9.59 Å². The molecular formula is C25H30Cl2N6O2. The molecule has 5 rings (SSSR count). The standard InChI is InChI=1S/C25H30Cl2N6O2/c1-3-8-32-15-18-22(24(32)35)28-25(31-12-10-30(11-13-31)16(2)34)29-23(18)33-9-4-5-21(33)17-6-7-19(26)20(27)14-17/h6-7,14,21H,3-5,8-13,15H2,1-2H3. The predicted octanol–water partition coefficient (Wildman–Crippen LogP) is 4.16. The second-order valence-corrected chi connectivity index (χ2v) is 10.2. The van der Waals surface area contributed by atoms with Crippen LogP contribution in [-0.4, -0.2) is 70.9 Å². The molecule has 1 aromatic heterocycles. The van der Waals surface area contributed by atoms with Gasteiger partial charge in [0.1, 0.15) is 11.5 Å². The molecule has 3 aliphatic heterocycles. The van der Waals surface area contributed by atoms with Crippen LogP contribution in [0.3, 0.4) is 0 Å². The highest BCUT2D eigenvalue weighted by molar-refractivity contribution is 6.42. The van der Waals surface area contributed by atoms with Crippen LogP contribution in [-0.2, 0) is 11.3 Å². The molecule has 35 heavy (non-hydrogen) atoms. The molecule has 1 aromatic carbocycles. The van der Waals surface area contributed by atoms with Gasteiger partial charge >= 0.3 is 0 Å². The summed E-state index contributed by atoms with van der Waals surface area (Å²) in [7, 11) is 0. The fraction of sp³-hybridized carbons (Fsp3) is 0.520. The van der Waals surface area contributed by atoms with Gasteiger partial charge in [-0.25, -0.2) is 4.98 Å². The molecule has 2 aromatic rings. The molecule has 1 atom stereocenters. The summed E-state index contributed by atoms with van der Waals surface area (Å²) in [6, 6.07) is 5.90. The van der Waals surface area contributed by atoms with E-state index in [0.717, 1.165) is 42.8 Å². The highest BCUT2D eigenvalue weighted by atomic mass is 35.5. The molecule has 2 amide bonds. The molecule has 0 saturated carbocycles. The van der Waals surface area contributed by atoms with Gasteiger partial charge in [-0.05, 0) is 37.0 Å². The lowest BCUT2D eigenvalue weighted by molar-refractivity contribution is -0.129. The summed E-state index contributed by atoms with van der Waals surface area (Å²) >= 11 is 12.5. The number of anilines is 2. The van der Waals surface area contributed by atoms with Gasteiger partial charge in [-0.2, -0.15) is 4.98 Å². The van der Waals surface area contributed by atoms with E-state index in [1.807, 2.05) is 28.0 Å². The molecule has 4 heterocycles. The van der Waals surface area contributed by atoms with Crippen LogP contribution in [0.25, 0.3) is 0 Å². The third-order valence-electron chi connectivity index (χ3n) is 7.17. The highest BCUT2D eigenvalue weighted by Crippen LogP contribution is 2.41. The Kier molecular flexibility index (Phi) is 6.77. The van der Waals surface area contributed by atoms with E-state index >= 15 is 0 Å². The molecule has 3 aliphatic rings. The summed E-state index contributed by atoms with van der Waals surface area (Å²) in [5, 5.41) is 1.08. The maximum absolute atomic E-state index is 13.3. The largest absolute Gasteiger partial charge is 0.349 e. The Morgan fingerprint density at radius 3 is 2.54 bits per heavy atom. The van der Waals surface area contributed by atoms with Crippen molar-refractivity contribution in [3.05, 3.63) is 45.1 Å². The molecule has 0 radical (unpaired) electrons. The monoisotopic (exact) mass is 516 g/mol. The molecule has 2 fully saturated rings. The molecule has 0 bridgehead atoms. The number of carbonyl (C=O) groups excluding carboxylic acids is 2. The van der Waals surface area contributed by atoms with E-state index in [4.69, 9.17) is 33.2 Å². The molecule has 8 nitrogen and oxygen atoms in total. The fourth-order valence-corrected chi connectivity index (χ4v) is 5.64. The minimum Gasteiger partial charge on any atom is -0.349 e. The van der Waals surface area contributed by atoms with Crippen molar-refractivity contribution in [2.75, 3.05) is 49.1 Å². The Balaban J connectivity index is 1.53. The summed E-state index contributed by atoms with van der Waals surface area (Å²) in [5.41, 5.74) is 2.50. The Morgan fingerprint density at radius 2 is 1.86 bits per heavy atom. The summed E-state index contributed by atoms with van der Waals surface area (Å²) in [6.45, 7) is 8.25. The van der Waals surface area contributed by atoms with Crippen molar-refractivity contribution in [2.45, 2.75) is 45.7 Å². The second-order valence-electron chi connectivity index (χ2n) is 9.42. The van der Waals surface area contributed by atoms with Gasteiger partial charge in [0, 0.05) is 51.8 Å². The van der Waals surface area contributed by atoms with Gasteiger partial charge in [0.25, 0.3) is 5.91 Å². The Bertz CT molecular complexity index is 1150. The van der Waals surface area contributed by atoms with E-state index in [-0.39, 0.29) is 17.9 Å². The lowest BCUT2D eigenvalue weighted by atomic mass is 10.0. The molecule has 0 aliphatic carbocycles. The summed E-state index contributed by atoms with van der Waals surface area (Å²) in [5.74, 6) is 1.44. The zero-order valence-electron chi connectivity index (χ0n) is 20.1. The van der Waals surface area contributed by atoms with Gasteiger partial charge in [-0.3, -0.25) is 9.59 Å². The number of halogens is 2. The number of rotatable bonds is 5. The van der Waals surface area contributed by atoms with Gasteiger partial charge < -0.3 is 19.6 Å². The first kappa shape index (κ1) is 24.1. The topological polar surface area (TPSA) is 72.9 Å². The van der Waals surface area contributed by atoms with Crippen LogP contribution in [0.2, 0.25) is 10.0 Å². The molecule has 186 valence electrons. The van der Waals surface area contributed by atoms with E-state index in [1.165, 1.54) is 0 Å². The smallest absolute Gasteiger partial charge is 0.273 e. The first-order chi connectivity index (χ1) is 16.9. The quantitative estimate of drug-likeness (QED) is 0.593. The minimum atomic E-state index is -0.0283. The van der Waals surface area contributed by atoms with Crippen LogP contribution in [0, 0.1) is 0 Å². The van der Waals surface area contributed by atoms with Crippen LogP contribution in [0.4, 0.5) is 11.8 Å². The van der Waals surface area contributed by atoms with Crippen molar-refractivity contribution < 1.29 is 9.59 Å². The molecular weight excluding hydrogens is 487 g/mol. The van der Waals surface area contributed by atoms with Gasteiger partial charge in [0.2, 0.25) is 11.9 Å². The Hall–Kier alpha value is -2.58. The van der Waals surface area contributed by atoms with E-state index in [1.54, 1.807) is 6.92 Å². The zero-order valence-corrected chi connectivity index (χ0v) is 21.6. The van der Waals surface area contributed by atoms with Crippen molar-refractivity contribution in [2.24, 2.45) is 0 Å². The predicted molar refractivity (Wildman–Crippen MR) is 137 cm³/mol. The lowest BCUT2D eigenvalue weighted by Gasteiger charge is -2.35. The number of piperazine rings is 1. The second kappa shape index (κ2) is 9.82.